The Morgan fingerprint density at radius 3 is 2.34 bits per heavy atom. The molecule has 4 aliphatic heterocycles. The third kappa shape index (κ3) is 3.84. The molecule has 0 aliphatic carbocycles. The van der Waals surface area contributed by atoms with Gasteiger partial charge >= 0.3 is 0 Å². The van der Waals surface area contributed by atoms with Crippen molar-refractivity contribution in [2.24, 2.45) is 11.7 Å². The predicted octanol–water partition coefficient (Wildman–Crippen LogP) is 1.34. The summed E-state index contributed by atoms with van der Waals surface area (Å²) in [6.07, 6.45) is 5.21. The molecule has 0 spiro atoms. The molecule has 3 fully saturated rings. The zero-order valence-electron chi connectivity index (χ0n) is 18.6. The highest BCUT2D eigenvalue weighted by Gasteiger charge is 2.50. The van der Waals surface area contributed by atoms with Crippen LogP contribution in [0.25, 0.3) is 0 Å². The van der Waals surface area contributed by atoms with Crippen molar-refractivity contribution >= 4 is 27.5 Å². The van der Waals surface area contributed by atoms with Crippen LogP contribution in [0.5, 0.6) is 0 Å². The highest BCUT2D eigenvalue weighted by atomic mass is 32.2. The maximum atomic E-state index is 13.4. The molecular formula is C23H32N4O4S. The molecule has 2 atom stereocenters. The number of rotatable bonds is 5. The van der Waals surface area contributed by atoms with Crippen LogP contribution in [-0.2, 0) is 21.2 Å². The number of benzene rings is 1. The summed E-state index contributed by atoms with van der Waals surface area (Å²) in [5.74, 6) is 0.00760. The molecule has 174 valence electrons. The first-order valence-corrected chi connectivity index (χ1v) is 13.3. The summed E-state index contributed by atoms with van der Waals surface area (Å²) in [6.45, 7) is 1.92. The molecule has 4 aliphatic rings. The van der Waals surface area contributed by atoms with Crippen LogP contribution in [0.2, 0.25) is 0 Å². The minimum atomic E-state index is -3.31. The van der Waals surface area contributed by atoms with E-state index >= 15 is 0 Å². The highest BCUT2D eigenvalue weighted by molar-refractivity contribution is 7.89. The minimum absolute atomic E-state index is 0.00421. The van der Waals surface area contributed by atoms with E-state index in [4.69, 9.17) is 5.73 Å². The van der Waals surface area contributed by atoms with E-state index in [1.54, 1.807) is 16.4 Å². The summed E-state index contributed by atoms with van der Waals surface area (Å²) >= 11 is 0. The second-order valence-electron chi connectivity index (χ2n) is 10.0. The smallest absolute Gasteiger partial charge is 0.248 e. The largest absolute Gasteiger partial charge is 0.366 e. The molecule has 2 amide bonds. The van der Waals surface area contributed by atoms with Gasteiger partial charge in [-0.15, -0.1) is 0 Å². The van der Waals surface area contributed by atoms with E-state index in [0.717, 1.165) is 50.0 Å². The minimum Gasteiger partial charge on any atom is -0.366 e. The van der Waals surface area contributed by atoms with Crippen LogP contribution in [0, 0.1) is 5.92 Å². The first-order chi connectivity index (χ1) is 15.2. The molecule has 2 bridgehead atoms. The number of carbonyl (C=O) groups is 2. The van der Waals surface area contributed by atoms with Crippen molar-refractivity contribution in [1.82, 2.24) is 9.21 Å². The Morgan fingerprint density at radius 2 is 1.72 bits per heavy atom. The first-order valence-electron chi connectivity index (χ1n) is 11.7. The topological polar surface area (TPSA) is 104 Å². The molecular weight excluding hydrogens is 428 g/mol. The fourth-order valence-corrected chi connectivity index (χ4v) is 8.67. The van der Waals surface area contributed by atoms with Crippen LogP contribution in [0.3, 0.4) is 0 Å². The zero-order chi connectivity index (χ0) is 22.6. The van der Waals surface area contributed by atoms with Gasteiger partial charge in [0.1, 0.15) is 0 Å². The second-order valence-corrected chi connectivity index (χ2v) is 11.9. The van der Waals surface area contributed by atoms with E-state index in [1.807, 2.05) is 11.0 Å². The number of piperidine rings is 2. The number of likely N-dealkylation sites (tertiary alicyclic amines) is 1. The van der Waals surface area contributed by atoms with E-state index in [9.17, 15) is 18.0 Å². The fraction of sp³-hybridized carbons (Fsp3) is 0.652. The lowest BCUT2D eigenvalue weighted by Gasteiger charge is -2.42. The zero-order valence-corrected chi connectivity index (χ0v) is 19.4. The lowest BCUT2D eigenvalue weighted by atomic mass is 9.97. The van der Waals surface area contributed by atoms with E-state index < -0.39 is 15.9 Å². The summed E-state index contributed by atoms with van der Waals surface area (Å²) in [4.78, 5) is 28.5. The molecule has 0 aromatic heterocycles. The van der Waals surface area contributed by atoms with Gasteiger partial charge in [0.05, 0.1) is 12.2 Å². The number of hydrogen-bond donors (Lipinski definition) is 1. The first kappa shape index (κ1) is 21.9. The predicted molar refractivity (Wildman–Crippen MR) is 122 cm³/mol. The van der Waals surface area contributed by atoms with Gasteiger partial charge in [-0.05, 0) is 88.3 Å². The lowest BCUT2D eigenvalue weighted by molar-refractivity contribution is -0.118. The van der Waals surface area contributed by atoms with Crippen molar-refractivity contribution in [3.63, 3.8) is 0 Å². The molecule has 9 heteroatoms. The maximum Gasteiger partial charge on any atom is 0.248 e. The number of primary amides is 1. The second kappa shape index (κ2) is 8.11. The molecule has 2 unspecified atom stereocenters. The van der Waals surface area contributed by atoms with Crippen LogP contribution in [0.4, 0.5) is 5.69 Å². The Labute approximate surface area is 189 Å². The van der Waals surface area contributed by atoms with Gasteiger partial charge in [-0.1, -0.05) is 0 Å². The molecule has 4 heterocycles. The van der Waals surface area contributed by atoms with E-state index in [1.165, 1.54) is 0 Å². The lowest BCUT2D eigenvalue weighted by Crippen LogP contribution is -2.54. The third-order valence-corrected chi connectivity index (χ3v) is 9.98. The summed E-state index contributed by atoms with van der Waals surface area (Å²) in [5.41, 5.74) is 7.47. The highest BCUT2D eigenvalue weighted by Crippen LogP contribution is 2.43. The summed E-state index contributed by atoms with van der Waals surface area (Å²) < 4.78 is 28.6. The van der Waals surface area contributed by atoms with Gasteiger partial charge in [0, 0.05) is 29.4 Å². The Kier molecular flexibility index (Phi) is 5.54. The molecule has 1 aromatic rings. The van der Waals surface area contributed by atoms with Gasteiger partial charge in [-0.2, -0.15) is 4.31 Å². The average molecular weight is 461 g/mol. The normalized spacial score (nSPS) is 29.5. The molecule has 8 nitrogen and oxygen atoms in total. The fourth-order valence-electron chi connectivity index (χ4n) is 6.28. The van der Waals surface area contributed by atoms with Crippen LogP contribution >= 0.6 is 0 Å². The number of nitrogens with zero attached hydrogens (tertiary/aromatic N) is 3. The van der Waals surface area contributed by atoms with E-state index in [2.05, 4.69) is 11.9 Å². The summed E-state index contributed by atoms with van der Waals surface area (Å²) in [7, 11) is -1.23. The number of amides is 2. The molecule has 2 N–H and O–H groups in total. The van der Waals surface area contributed by atoms with Crippen LogP contribution in [0.15, 0.2) is 18.2 Å². The number of sulfonamides is 1. The Morgan fingerprint density at radius 1 is 1.06 bits per heavy atom. The van der Waals surface area contributed by atoms with Crippen molar-refractivity contribution in [1.29, 1.82) is 0 Å². The van der Waals surface area contributed by atoms with Crippen molar-refractivity contribution in [3.05, 3.63) is 29.3 Å². The van der Waals surface area contributed by atoms with Crippen molar-refractivity contribution in [2.75, 3.05) is 30.8 Å². The number of fused-ring (bicyclic) bond motifs is 3. The molecule has 1 aromatic carbocycles. The molecule has 0 radical (unpaired) electrons. The molecule has 32 heavy (non-hydrogen) atoms. The van der Waals surface area contributed by atoms with Crippen LogP contribution < -0.4 is 10.6 Å². The average Bonchev–Trinajstić information content (AvgIpc) is 3.22. The van der Waals surface area contributed by atoms with Crippen LogP contribution in [0.1, 0.15) is 54.4 Å². The monoisotopic (exact) mass is 460 g/mol. The van der Waals surface area contributed by atoms with E-state index in [0.29, 0.717) is 18.4 Å². The van der Waals surface area contributed by atoms with Gasteiger partial charge in [0.25, 0.3) is 0 Å². The summed E-state index contributed by atoms with van der Waals surface area (Å²) in [6, 6.07) is 5.13. The Hall–Kier alpha value is -1.97. The summed E-state index contributed by atoms with van der Waals surface area (Å²) in [5, 5.41) is 0. The molecule has 3 saturated heterocycles. The maximum absolute atomic E-state index is 13.4. The van der Waals surface area contributed by atoms with E-state index in [-0.39, 0.29) is 42.1 Å². The van der Waals surface area contributed by atoms with Gasteiger partial charge in [0.15, 0.2) is 0 Å². The van der Waals surface area contributed by atoms with Gasteiger partial charge < -0.3 is 15.5 Å². The Bertz CT molecular complexity index is 1020. The Balaban J connectivity index is 1.32. The van der Waals surface area contributed by atoms with Crippen molar-refractivity contribution in [2.45, 2.75) is 63.1 Å². The number of carbonyl (C=O) groups excluding carboxylic acids is 2. The van der Waals surface area contributed by atoms with Crippen LogP contribution in [-0.4, -0.2) is 73.5 Å². The molecule has 0 saturated carbocycles. The third-order valence-electron chi connectivity index (χ3n) is 7.85. The van der Waals surface area contributed by atoms with Crippen molar-refractivity contribution < 1.29 is 18.0 Å². The van der Waals surface area contributed by atoms with Gasteiger partial charge in [-0.3, -0.25) is 9.59 Å². The standard InChI is InChI=1S/C23H32N4O4S/c1-25-8-6-15(7-9-25)14-32(30,31)27-18-3-4-19(27)13-20(12-18)26-21-5-2-16(23(24)29)10-17(21)11-22(26)28/h2,5,10,15,18-20H,3-4,6-9,11-14H2,1H3,(H2,24,29). The number of anilines is 1. The van der Waals surface area contributed by atoms with Gasteiger partial charge in [0.2, 0.25) is 21.8 Å². The SMILES string of the molecule is CN1CCC(CS(=O)(=O)N2C3CCC2CC(N2C(=O)Cc4cc(C(N)=O)ccc42)C3)CC1. The molecule has 5 rings (SSSR count). The number of nitrogens with two attached hydrogens (primary N) is 1. The quantitative estimate of drug-likeness (QED) is 0.714. The van der Waals surface area contributed by atoms with Gasteiger partial charge in [-0.25, -0.2) is 8.42 Å². The van der Waals surface area contributed by atoms with Crippen molar-refractivity contribution in [3.8, 4) is 0 Å². The number of hydrogen-bond acceptors (Lipinski definition) is 5.